The molecule has 0 bridgehead atoms. The van der Waals surface area contributed by atoms with Crippen LogP contribution >= 0.6 is 15.9 Å². The highest BCUT2D eigenvalue weighted by atomic mass is 79.9. The largest absolute Gasteiger partial charge is 0.494 e. The van der Waals surface area contributed by atoms with Crippen LogP contribution in [0.15, 0.2) is 47.5 Å². The van der Waals surface area contributed by atoms with E-state index in [9.17, 15) is 8.42 Å². The van der Waals surface area contributed by atoms with Gasteiger partial charge in [0, 0.05) is 10.5 Å². The standard InChI is InChI=1S/C22H25BrN6O5S/c1-32-18-12-24-22(25-13-18)34-11-10-33-21-19(15-6-8-16(23)9-7-15)20(26-14-27-21)29-35(30,31)28-17-4-2-3-5-17/h6-9,12-14,17,28H,2-5,10-11H2,1H3,(H,26,27,29). The summed E-state index contributed by atoms with van der Waals surface area (Å²) in [5, 5.41) is 0. The van der Waals surface area contributed by atoms with Gasteiger partial charge in [-0.15, -0.1) is 0 Å². The molecule has 3 aromatic rings. The summed E-state index contributed by atoms with van der Waals surface area (Å²) in [6.45, 7) is 0.253. The van der Waals surface area contributed by atoms with Gasteiger partial charge in [-0.05, 0) is 30.5 Å². The molecule has 0 atom stereocenters. The minimum atomic E-state index is -3.85. The van der Waals surface area contributed by atoms with E-state index >= 15 is 0 Å². The SMILES string of the molecule is COc1cnc(OCCOc2ncnc(NS(=O)(=O)NC3CCCC3)c2-c2ccc(Br)cc2)nc1. The zero-order chi connectivity index (χ0) is 24.7. The first-order valence-electron chi connectivity index (χ1n) is 11.0. The summed E-state index contributed by atoms with van der Waals surface area (Å²) >= 11 is 3.41. The van der Waals surface area contributed by atoms with E-state index in [0.29, 0.717) is 16.9 Å². The average molecular weight is 565 g/mol. The van der Waals surface area contributed by atoms with E-state index < -0.39 is 10.2 Å². The molecule has 0 aliphatic heterocycles. The van der Waals surface area contributed by atoms with Crippen LogP contribution in [0, 0.1) is 0 Å². The van der Waals surface area contributed by atoms with Gasteiger partial charge in [0.1, 0.15) is 19.5 Å². The van der Waals surface area contributed by atoms with Crippen LogP contribution in [0.25, 0.3) is 11.1 Å². The molecule has 1 aliphatic carbocycles. The molecule has 35 heavy (non-hydrogen) atoms. The van der Waals surface area contributed by atoms with Crippen molar-refractivity contribution in [3.8, 4) is 28.8 Å². The maximum Gasteiger partial charge on any atom is 0.316 e. The van der Waals surface area contributed by atoms with Crippen molar-refractivity contribution in [2.45, 2.75) is 31.7 Å². The van der Waals surface area contributed by atoms with Gasteiger partial charge >= 0.3 is 16.2 Å². The summed E-state index contributed by atoms with van der Waals surface area (Å²) < 4.78 is 48.1. The van der Waals surface area contributed by atoms with Crippen LogP contribution in [0.2, 0.25) is 0 Å². The molecule has 0 amide bonds. The fourth-order valence-corrected chi connectivity index (χ4v) is 5.02. The van der Waals surface area contributed by atoms with Crippen LogP contribution < -0.4 is 23.7 Å². The second kappa shape index (κ2) is 11.6. The minimum absolute atomic E-state index is 0.0847. The molecule has 13 heteroatoms. The number of benzene rings is 1. The molecule has 0 saturated heterocycles. The molecule has 0 unspecified atom stereocenters. The van der Waals surface area contributed by atoms with Crippen LogP contribution in [0.5, 0.6) is 17.6 Å². The van der Waals surface area contributed by atoms with Gasteiger partial charge in [0.15, 0.2) is 11.6 Å². The maximum atomic E-state index is 12.8. The highest BCUT2D eigenvalue weighted by molar-refractivity contribution is 9.10. The molecule has 1 aliphatic rings. The van der Waals surface area contributed by atoms with Crippen molar-refractivity contribution < 1.29 is 22.6 Å². The molecule has 0 spiro atoms. The zero-order valence-electron chi connectivity index (χ0n) is 19.0. The zero-order valence-corrected chi connectivity index (χ0v) is 21.4. The molecule has 4 rings (SSSR count). The third-order valence-corrected chi connectivity index (χ3v) is 6.88. The summed E-state index contributed by atoms with van der Waals surface area (Å²) in [6.07, 6.45) is 7.89. The molecule has 1 fully saturated rings. The smallest absolute Gasteiger partial charge is 0.316 e. The molecule has 2 heterocycles. The highest BCUT2D eigenvalue weighted by Gasteiger charge is 2.24. The summed E-state index contributed by atoms with van der Waals surface area (Å²) in [5.41, 5.74) is 1.10. The normalized spacial score (nSPS) is 14.0. The van der Waals surface area contributed by atoms with Crippen molar-refractivity contribution in [2.75, 3.05) is 25.0 Å². The van der Waals surface area contributed by atoms with Gasteiger partial charge in [0.25, 0.3) is 0 Å². The molecule has 11 nitrogen and oxygen atoms in total. The Hall–Kier alpha value is -3.03. The van der Waals surface area contributed by atoms with E-state index in [0.717, 1.165) is 30.2 Å². The lowest BCUT2D eigenvalue weighted by molar-refractivity contribution is 0.201. The van der Waals surface area contributed by atoms with Crippen molar-refractivity contribution in [1.29, 1.82) is 0 Å². The predicted octanol–water partition coefficient (Wildman–Crippen LogP) is 3.35. The number of hydrogen-bond acceptors (Lipinski definition) is 9. The fourth-order valence-electron chi connectivity index (χ4n) is 3.61. The summed E-state index contributed by atoms with van der Waals surface area (Å²) in [5.74, 6) is 0.841. The van der Waals surface area contributed by atoms with E-state index in [4.69, 9.17) is 14.2 Å². The van der Waals surface area contributed by atoms with Gasteiger partial charge < -0.3 is 14.2 Å². The van der Waals surface area contributed by atoms with E-state index in [-0.39, 0.29) is 37.0 Å². The lowest BCUT2D eigenvalue weighted by atomic mass is 10.1. The Morgan fingerprint density at radius 1 is 1.00 bits per heavy atom. The number of ether oxygens (including phenoxy) is 3. The minimum Gasteiger partial charge on any atom is -0.494 e. The fraction of sp³-hybridized carbons (Fsp3) is 0.364. The van der Waals surface area contributed by atoms with E-state index in [1.165, 1.54) is 25.8 Å². The molecule has 2 aromatic heterocycles. The molecular weight excluding hydrogens is 540 g/mol. The first-order valence-corrected chi connectivity index (χ1v) is 13.2. The second-order valence-electron chi connectivity index (χ2n) is 7.72. The van der Waals surface area contributed by atoms with Crippen molar-refractivity contribution in [2.24, 2.45) is 0 Å². The molecule has 1 saturated carbocycles. The van der Waals surface area contributed by atoms with Crippen LogP contribution in [-0.4, -0.2) is 54.7 Å². The van der Waals surface area contributed by atoms with Gasteiger partial charge in [-0.3, -0.25) is 4.72 Å². The van der Waals surface area contributed by atoms with Gasteiger partial charge in [-0.2, -0.15) is 23.1 Å². The van der Waals surface area contributed by atoms with Crippen molar-refractivity contribution in [3.63, 3.8) is 0 Å². The van der Waals surface area contributed by atoms with Gasteiger partial charge in [-0.1, -0.05) is 40.9 Å². The number of nitrogens with zero attached hydrogens (tertiary/aromatic N) is 4. The molecule has 2 N–H and O–H groups in total. The number of halogens is 1. The Labute approximate surface area is 212 Å². The number of rotatable bonds is 11. The molecular formula is C22H25BrN6O5S. The molecule has 0 radical (unpaired) electrons. The van der Waals surface area contributed by atoms with Crippen LogP contribution in [0.4, 0.5) is 5.82 Å². The number of hydrogen-bond donors (Lipinski definition) is 2. The van der Waals surface area contributed by atoms with Crippen molar-refractivity contribution in [3.05, 3.63) is 47.5 Å². The summed E-state index contributed by atoms with van der Waals surface area (Å²) in [7, 11) is -2.32. The van der Waals surface area contributed by atoms with Crippen molar-refractivity contribution >= 4 is 32.0 Å². The van der Waals surface area contributed by atoms with Crippen LogP contribution in [0.1, 0.15) is 25.7 Å². The quantitative estimate of drug-likeness (QED) is 0.335. The second-order valence-corrected chi connectivity index (χ2v) is 10.1. The Kier molecular flexibility index (Phi) is 8.31. The molecule has 186 valence electrons. The van der Waals surface area contributed by atoms with Crippen LogP contribution in [-0.2, 0) is 10.2 Å². The van der Waals surface area contributed by atoms with E-state index in [1.54, 1.807) is 0 Å². The van der Waals surface area contributed by atoms with E-state index in [1.807, 2.05) is 24.3 Å². The third kappa shape index (κ3) is 6.99. The monoisotopic (exact) mass is 564 g/mol. The van der Waals surface area contributed by atoms with Gasteiger partial charge in [-0.25, -0.2) is 9.97 Å². The third-order valence-electron chi connectivity index (χ3n) is 5.25. The number of anilines is 1. The van der Waals surface area contributed by atoms with Crippen molar-refractivity contribution in [1.82, 2.24) is 24.7 Å². The van der Waals surface area contributed by atoms with Gasteiger partial charge in [0.05, 0.1) is 25.1 Å². The Morgan fingerprint density at radius 2 is 1.69 bits per heavy atom. The number of aromatic nitrogens is 4. The highest BCUT2D eigenvalue weighted by Crippen LogP contribution is 2.35. The Morgan fingerprint density at radius 3 is 2.37 bits per heavy atom. The predicted molar refractivity (Wildman–Crippen MR) is 133 cm³/mol. The lowest BCUT2D eigenvalue weighted by Crippen LogP contribution is -2.37. The first kappa shape index (κ1) is 25.1. The average Bonchev–Trinajstić information content (AvgIpc) is 3.35. The Bertz CT molecular complexity index is 1220. The number of methoxy groups -OCH3 is 1. The summed E-state index contributed by atoms with van der Waals surface area (Å²) in [6, 6.07) is 7.41. The lowest BCUT2D eigenvalue weighted by Gasteiger charge is -2.17. The topological polar surface area (TPSA) is 137 Å². The summed E-state index contributed by atoms with van der Waals surface area (Å²) in [4.78, 5) is 16.5. The number of nitrogens with one attached hydrogen (secondary N) is 2. The maximum absolute atomic E-state index is 12.8. The molecule has 1 aromatic carbocycles. The van der Waals surface area contributed by atoms with Crippen LogP contribution in [0.3, 0.4) is 0 Å². The Balaban J connectivity index is 1.51. The first-order chi connectivity index (χ1) is 16.9. The van der Waals surface area contributed by atoms with Gasteiger partial charge in [0.2, 0.25) is 5.88 Å². The van der Waals surface area contributed by atoms with E-state index in [2.05, 4.69) is 45.3 Å².